The molecule has 1 N–H and O–H groups in total. The number of para-hydroxylation sites is 1. The second kappa shape index (κ2) is 4.66. The van der Waals surface area contributed by atoms with Gasteiger partial charge in [0.1, 0.15) is 6.04 Å². The van der Waals surface area contributed by atoms with E-state index < -0.39 is 5.97 Å². The van der Waals surface area contributed by atoms with Crippen LogP contribution in [-0.4, -0.2) is 38.3 Å². The van der Waals surface area contributed by atoms with Gasteiger partial charge >= 0.3 is 5.97 Å². The Labute approximate surface area is 111 Å². The van der Waals surface area contributed by atoms with Crippen LogP contribution in [0.25, 0.3) is 10.9 Å². The van der Waals surface area contributed by atoms with E-state index in [0.29, 0.717) is 6.54 Å². The second-order valence-corrected chi connectivity index (χ2v) is 5.05. The molecule has 0 amide bonds. The molecule has 5 nitrogen and oxygen atoms in total. The Morgan fingerprint density at radius 1 is 1.47 bits per heavy atom. The number of rotatable bonds is 3. The van der Waals surface area contributed by atoms with Crippen LogP contribution in [0.5, 0.6) is 0 Å². The van der Waals surface area contributed by atoms with Crippen LogP contribution in [0.2, 0.25) is 0 Å². The van der Waals surface area contributed by atoms with E-state index in [0.717, 1.165) is 36.0 Å². The SMILES string of the molecule is Cn1nc(CN2CCCC2C(=O)O)c2ccccc21. The third kappa shape index (κ3) is 2.10. The van der Waals surface area contributed by atoms with Crippen molar-refractivity contribution in [2.24, 2.45) is 7.05 Å². The Balaban J connectivity index is 1.91. The molecule has 1 aliphatic rings. The van der Waals surface area contributed by atoms with E-state index in [1.807, 2.05) is 40.9 Å². The van der Waals surface area contributed by atoms with Gasteiger partial charge in [-0.3, -0.25) is 14.4 Å². The van der Waals surface area contributed by atoms with Gasteiger partial charge < -0.3 is 5.11 Å². The molecular weight excluding hydrogens is 242 g/mol. The molecule has 0 bridgehead atoms. The maximum atomic E-state index is 11.2. The van der Waals surface area contributed by atoms with E-state index in [4.69, 9.17) is 0 Å². The molecule has 5 heteroatoms. The molecule has 1 fully saturated rings. The Hall–Kier alpha value is -1.88. The molecule has 19 heavy (non-hydrogen) atoms. The Morgan fingerprint density at radius 2 is 2.26 bits per heavy atom. The van der Waals surface area contributed by atoms with Crippen molar-refractivity contribution in [2.75, 3.05) is 6.54 Å². The quantitative estimate of drug-likeness (QED) is 0.910. The lowest BCUT2D eigenvalue weighted by atomic mass is 10.2. The highest BCUT2D eigenvalue weighted by Gasteiger charge is 2.31. The summed E-state index contributed by atoms with van der Waals surface area (Å²) in [5.74, 6) is -0.724. The molecule has 2 heterocycles. The maximum absolute atomic E-state index is 11.2. The Morgan fingerprint density at radius 3 is 3.05 bits per heavy atom. The van der Waals surface area contributed by atoms with E-state index in [9.17, 15) is 9.90 Å². The van der Waals surface area contributed by atoms with E-state index >= 15 is 0 Å². The molecule has 1 atom stereocenters. The molecule has 2 aromatic rings. The van der Waals surface area contributed by atoms with Crippen LogP contribution in [0.4, 0.5) is 0 Å². The first-order valence-electron chi connectivity index (χ1n) is 6.54. The van der Waals surface area contributed by atoms with Crippen LogP contribution < -0.4 is 0 Å². The van der Waals surface area contributed by atoms with Crippen molar-refractivity contribution in [3.05, 3.63) is 30.0 Å². The summed E-state index contributed by atoms with van der Waals surface area (Å²) in [5, 5.41) is 14.9. The van der Waals surface area contributed by atoms with Crippen LogP contribution in [-0.2, 0) is 18.4 Å². The lowest BCUT2D eigenvalue weighted by Gasteiger charge is -2.19. The molecule has 0 saturated carbocycles. The highest BCUT2D eigenvalue weighted by Crippen LogP contribution is 2.24. The van der Waals surface area contributed by atoms with E-state index in [1.54, 1.807) is 0 Å². The normalized spacial score (nSPS) is 20.2. The van der Waals surface area contributed by atoms with Crippen LogP contribution in [0.15, 0.2) is 24.3 Å². The number of carboxylic acids is 1. The van der Waals surface area contributed by atoms with Crippen molar-refractivity contribution < 1.29 is 9.90 Å². The number of nitrogens with zero attached hydrogens (tertiary/aromatic N) is 3. The van der Waals surface area contributed by atoms with E-state index in [1.165, 1.54) is 0 Å². The molecule has 0 aliphatic carbocycles. The minimum atomic E-state index is -0.724. The first-order chi connectivity index (χ1) is 9.16. The fraction of sp³-hybridized carbons (Fsp3) is 0.429. The Bertz CT molecular complexity index is 620. The summed E-state index contributed by atoms with van der Waals surface area (Å²) in [6.07, 6.45) is 1.68. The number of hydrogen-bond acceptors (Lipinski definition) is 3. The fourth-order valence-electron chi connectivity index (χ4n) is 2.89. The monoisotopic (exact) mass is 259 g/mol. The summed E-state index contributed by atoms with van der Waals surface area (Å²) in [6, 6.07) is 7.70. The summed E-state index contributed by atoms with van der Waals surface area (Å²) in [4.78, 5) is 13.2. The minimum Gasteiger partial charge on any atom is -0.480 e. The number of aryl methyl sites for hydroxylation is 1. The number of fused-ring (bicyclic) bond motifs is 1. The van der Waals surface area contributed by atoms with Crippen molar-refractivity contribution >= 4 is 16.9 Å². The third-order valence-electron chi connectivity index (χ3n) is 3.84. The molecule has 1 aromatic heterocycles. The molecule has 1 unspecified atom stereocenters. The van der Waals surface area contributed by atoms with Gasteiger partial charge in [-0.25, -0.2) is 0 Å². The topological polar surface area (TPSA) is 58.4 Å². The second-order valence-electron chi connectivity index (χ2n) is 5.05. The van der Waals surface area contributed by atoms with Crippen molar-refractivity contribution in [1.82, 2.24) is 14.7 Å². The zero-order valence-electron chi connectivity index (χ0n) is 10.9. The average molecular weight is 259 g/mol. The number of carbonyl (C=O) groups is 1. The van der Waals surface area contributed by atoms with Gasteiger partial charge in [0.25, 0.3) is 0 Å². The number of benzene rings is 1. The minimum absolute atomic E-state index is 0.360. The lowest BCUT2D eigenvalue weighted by Crippen LogP contribution is -2.35. The summed E-state index contributed by atoms with van der Waals surface area (Å²) >= 11 is 0. The summed E-state index contributed by atoms with van der Waals surface area (Å²) in [6.45, 7) is 1.44. The van der Waals surface area contributed by atoms with Crippen LogP contribution in [0.1, 0.15) is 18.5 Å². The number of hydrogen-bond donors (Lipinski definition) is 1. The number of aliphatic carboxylic acids is 1. The predicted molar refractivity (Wildman–Crippen MR) is 71.8 cm³/mol. The van der Waals surface area contributed by atoms with Gasteiger partial charge in [-0.1, -0.05) is 18.2 Å². The first kappa shape index (κ1) is 12.2. The predicted octanol–water partition coefficient (Wildman–Crippen LogP) is 1.62. The third-order valence-corrected chi connectivity index (χ3v) is 3.84. The lowest BCUT2D eigenvalue weighted by molar-refractivity contribution is -0.142. The largest absolute Gasteiger partial charge is 0.480 e. The van der Waals surface area contributed by atoms with Gasteiger partial charge in [0.2, 0.25) is 0 Å². The standard InChI is InChI=1S/C14H17N3O2/c1-16-12-6-3-2-5-10(12)11(15-16)9-17-8-4-7-13(17)14(18)19/h2-3,5-6,13H,4,7-9H2,1H3,(H,18,19). The summed E-state index contributed by atoms with van der Waals surface area (Å²) in [5.41, 5.74) is 2.05. The highest BCUT2D eigenvalue weighted by atomic mass is 16.4. The molecule has 0 spiro atoms. The molecule has 1 aliphatic heterocycles. The molecule has 100 valence electrons. The smallest absolute Gasteiger partial charge is 0.320 e. The fourth-order valence-corrected chi connectivity index (χ4v) is 2.89. The molecular formula is C14H17N3O2. The zero-order chi connectivity index (χ0) is 13.4. The van der Waals surface area contributed by atoms with Crippen molar-refractivity contribution in [3.63, 3.8) is 0 Å². The van der Waals surface area contributed by atoms with Crippen molar-refractivity contribution in [3.8, 4) is 0 Å². The Kier molecular flexibility index (Phi) is 2.98. The van der Waals surface area contributed by atoms with Crippen LogP contribution in [0.3, 0.4) is 0 Å². The van der Waals surface area contributed by atoms with Gasteiger partial charge in [0.05, 0.1) is 11.2 Å². The molecule has 1 saturated heterocycles. The number of aromatic nitrogens is 2. The molecule has 3 rings (SSSR count). The van der Waals surface area contributed by atoms with Gasteiger partial charge in [-0.15, -0.1) is 0 Å². The number of carboxylic acid groups (broad SMARTS) is 1. The van der Waals surface area contributed by atoms with Gasteiger partial charge in [0.15, 0.2) is 0 Å². The van der Waals surface area contributed by atoms with Crippen LogP contribution in [0, 0.1) is 0 Å². The highest BCUT2D eigenvalue weighted by molar-refractivity contribution is 5.82. The number of likely N-dealkylation sites (tertiary alicyclic amines) is 1. The maximum Gasteiger partial charge on any atom is 0.320 e. The zero-order valence-corrected chi connectivity index (χ0v) is 10.9. The van der Waals surface area contributed by atoms with Gasteiger partial charge in [0, 0.05) is 19.0 Å². The van der Waals surface area contributed by atoms with Crippen molar-refractivity contribution in [2.45, 2.75) is 25.4 Å². The summed E-state index contributed by atoms with van der Waals surface area (Å²) < 4.78 is 1.86. The molecule has 0 radical (unpaired) electrons. The summed E-state index contributed by atoms with van der Waals surface area (Å²) in [7, 11) is 1.92. The van der Waals surface area contributed by atoms with E-state index in [-0.39, 0.29) is 6.04 Å². The van der Waals surface area contributed by atoms with Gasteiger partial charge in [-0.2, -0.15) is 5.10 Å². The van der Waals surface area contributed by atoms with Crippen LogP contribution >= 0.6 is 0 Å². The van der Waals surface area contributed by atoms with E-state index in [2.05, 4.69) is 5.10 Å². The first-order valence-corrected chi connectivity index (χ1v) is 6.54. The van der Waals surface area contributed by atoms with Gasteiger partial charge in [-0.05, 0) is 25.5 Å². The average Bonchev–Trinajstić information content (AvgIpc) is 2.97. The van der Waals surface area contributed by atoms with Crippen molar-refractivity contribution in [1.29, 1.82) is 0 Å². The molecule has 1 aromatic carbocycles.